The lowest BCUT2D eigenvalue weighted by atomic mass is 9.91. The third kappa shape index (κ3) is 3.47. The van der Waals surface area contributed by atoms with E-state index in [1.807, 2.05) is 19.1 Å². The number of nitrogens with one attached hydrogen (secondary N) is 1. The highest BCUT2D eigenvalue weighted by atomic mass is 16.5. The smallest absolute Gasteiger partial charge is 0.159 e. The van der Waals surface area contributed by atoms with Gasteiger partial charge in [-0.3, -0.25) is 0 Å². The van der Waals surface area contributed by atoms with Crippen LogP contribution in [0.4, 0.5) is 5.82 Å². The Kier molecular flexibility index (Phi) is 5.06. The topological polar surface area (TPSA) is 82.0 Å². The van der Waals surface area contributed by atoms with E-state index in [-0.39, 0.29) is 0 Å². The van der Waals surface area contributed by atoms with Crippen molar-refractivity contribution in [1.82, 2.24) is 19.9 Å². The molecule has 1 aliphatic carbocycles. The van der Waals surface area contributed by atoms with Crippen molar-refractivity contribution in [1.29, 1.82) is 0 Å². The van der Waals surface area contributed by atoms with E-state index in [0.29, 0.717) is 18.1 Å². The Morgan fingerprint density at radius 2 is 1.86 bits per heavy atom. The summed E-state index contributed by atoms with van der Waals surface area (Å²) < 4.78 is 11.1. The van der Waals surface area contributed by atoms with Crippen molar-refractivity contribution in [3.63, 3.8) is 0 Å². The van der Waals surface area contributed by atoms with Gasteiger partial charge in [0.2, 0.25) is 0 Å². The molecule has 0 spiro atoms. The number of benzene rings is 1. The van der Waals surface area contributed by atoms with Crippen LogP contribution < -0.4 is 10.1 Å². The van der Waals surface area contributed by atoms with Gasteiger partial charge in [-0.15, -0.1) is 0 Å². The molecule has 0 bridgehead atoms. The van der Waals surface area contributed by atoms with Crippen LogP contribution in [-0.2, 0) is 4.74 Å². The number of methoxy groups -OCH3 is 2. The predicted molar refractivity (Wildman–Crippen MR) is 108 cm³/mol. The minimum atomic E-state index is 0.589. The molecule has 7 nitrogen and oxygen atoms in total. The van der Waals surface area contributed by atoms with Gasteiger partial charge < -0.3 is 14.8 Å². The van der Waals surface area contributed by atoms with E-state index in [4.69, 9.17) is 9.47 Å². The van der Waals surface area contributed by atoms with Crippen LogP contribution in [0.25, 0.3) is 22.3 Å². The molecule has 28 heavy (non-hydrogen) atoms. The molecule has 1 saturated carbocycles. The second-order valence-corrected chi connectivity index (χ2v) is 6.82. The Morgan fingerprint density at radius 1 is 1.07 bits per heavy atom. The van der Waals surface area contributed by atoms with Crippen LogP contribution in [0.5, 0.6) is 5.75 Å². The van der Waals surface area contributed by atoms with Crippen molar-refractivity contribution in [2.24, 2.45) is 0 Å². The van der Waals surface area contributed by atoms with Crippen molar-refractivity contribution in [2.45, 2.75) is 26.2 Å². The number of nitrogens with zero attached hydrogens (tertiary/aromatic N) is 4. The molecule has 0 unspecified atom stereocenters. The van der Waals surface area contributed by atoms with Crippen molar-refractivity contribution >= 4 is 16.7 Å². The summed E-state index contributed by atoms with van der Waals surface area (Å²) in [6.07, 6.45) is 8.59. The zero-order valence-corrected chi connectivity index (χ0v) is 16.3. The molecule has 1 aromatic carbocycles. The van der Waals surface area contributed by atoms with E-state index in [1.165, 1.54) is 18.3 Å². The first kappa shape index (κ1) is 18.2. The van der Waals surface area contributed by atoms with Crippen LogP contribution in [0.2, 0.25) is 0 Å². The third-order valence-electron chi connectivity index (χ3n) is 4.98. The first-order chi connectivity index (χ1) is 13.7. The summed E-state index contributed by atoms with van der Waals surface area (Å²) >= 11 is 0. The molecule has 7 heteroatoms. The number of hydrogen-bond donors (Lipinski definition) is 1. The Hall–Kier alpha value is -3.22. The molecule has 3 aromatic rings. The zero-order valence-electron chi connectivity index (χ0n) is 16.3. The van der Waals surface area contributed by atoms with Gasteiger partial charge in [-0.1, -0.05) is 0 Å². The van der Waals surface area contributed by atoms with E-state index in [2.05, 4.69) is 25.3 Å². The zero-order chi connectivity index (χ0) is 19.5. The summed E-state index contributed by atoms with van der Waals surface area (Å²) in [6.45, 7) is 2.55. The highest BCUT2D eigenvalue weighted by Crippen LogP contribution is 2.33. The van der Waals surface area contributed by atoms with Gasteiger partial charge in [-0.05, 0) is 49.5 Å². The number of aromatic nitrogens is 4. The molecule has 0 saturated heterocycles. The van der Waals surface area contributed by atoms with Crippen LogP contribution >= 0.6 is 0 Å². The molecule has 0 amide bonds. The van der Waals surface area contributed by atoms with Gasteiger partial charge in [0.05, 0.1) is 20.8 Å². The number of anilines is 1. The molecule has 0 aliphatic heterocycles. The molecule has 4 rings (SSSR count). The van der Waals surface area contributed by atoms with Crippen molar-refractivity contribution in [2.75, 3.05) is 26.1 Å². The van der Waals surface area contributed by atoms with E-state index in [0.717, 1.165) is 46.4 Å². The van der Waals surface area contributed by atoms with Gasteiger partial charge >= 0.3 is 0 Å². The van der Waals surface area contributed by atoms with Crippen LogP contribution in [-0.4, -0.2) is 40.7 Å². The van der Waals surface area contributed by atoms with Crippen LogP contribution in [0, 0.1) is 6.92 Å². The molecule has 2 aromatic heterocycles. The fourth-order valence-electron chi connectivity index (χ4n) is 3.24. The van der Waals surface area contributed by atoms with E-state index < -0.39 is 0 Å². The molecule has 1 fully saturated rings. The lowest BCUT2D eigenvalue weighted by Crippen LogP contribution is -2.13. The van der Waals surface area contributed by atoms with Crippen LogP contribution in [0.15, 0.2) is 42.2 Å². The molecule has 144 valence electrons. The number of ether oxygens (including phenoxy) is 2. The monoisotopic (exact) mass is 377 g/mol. The van der Waals surface area contributed by atoms with Gasteiger partial charge in [0, 0.05) is 23.3 Å². The fourth-order valence-corrected chi connectivity index (χ4v) is 3.24. The largest absolute Gasteiger partial charge is 0.499 e. The van der Waals surface area contributed by atoms with Crippen LogP contribution in [0.1, 0.15) is 24.8 Å². The number of rotatable bonds is 6. The number of fused-ring (bicyclic) bond motifs is 1. The second kappa shape index (κ2) is 7.80. The predicted octanol–water partition coefficient (Wildman–Crippen LogP) is 3.90. The summed E-state index contributed by atoms with van der Waals surface area (Å²) in [5, 5.41) is 4.25. The summed E-state index contributed by atoms with van der Waals surface area (Å²) in [7, 11) is 3.35. The molecular formula is C21H23N5O2. The van der Waals surface area contributed by atoms with Crippen molar-refractivity contribution < 1.29 is 9.47 Å². The highest BCUT2D eigenvalue weighted by Gasteiger charge is 2.17. The molecule has 1 aliphatic rings. The second-order valence-electron chi connectivity index (χ2n) is 6.82. The lowest BCUT2D eigenvalue weighted by Gasteiger charge is -2.21. The number of hydrogen-bond acceptors (Lipinski definition) is 7. The quantitative estimate of drug-likeness (QED) is 0.652. The highest BCUT2D eigenvalue weighted by molar-refractivity contribution is 5.96. The van der Waals surface area contributed by atoms with E-state index >= 15 is 0 Å². The first-order valence-corrected chi connectivity index (χ1v) is 9.30. The summed E-state index contributed by atoms with van der Waals surface area (Å²) in [5.74, 6) is 3.01. The Balaban J connectivity index is 1.74. The summed E-state index contributed by atoms with van der Waals surface area (Å²) in [6, 6.07) is 3.90. The van der Waals surface area contributed by atoms with Crippen molar-refractivity contribution in [3.8, 4) is 17.1 Å². The normalized spacial score (nSPS) is 13.2. The first-order valence-electron chi connectivity index (χ1n) is 9.30. The standard InChI is InChI=1S/C21H23N5O2/c1-13-9-22-20(23-10-13)15-7-16-19(17(8-15)27-2)25-12-26-21(16)24-11-18(28-3)14-5-4-6-14/h7-10,12H,4-6,11H2,1-3H3,(H,24,25,26). The maximum Gasteiger partial charge on any atom is 0.159 e. The molecular weight excluding hydrogens is 354 g/mol. The Bertz CT molecular complexity index is 1020. The average Bonchev–Trinajstić information content (AvgIpc) is 2.69. The molecule has 2 heterocycles. The molecule has 0 radical (unpaired) electrons. The fraction of sp³-hybridized carbons (Fsp3) is 0.333. The van der Waals surface area contributed by atoms with Crippen LogP contribution in [0.3, 0.4) is 0 Å². The number of aryl methyl sites for hydroxylation is 1. The lowest BCUT2D eigenvalue weighted by molar-refractivity contribution is 0.276. The molecule has 1 N–H and O–H groups in total. The third-order valence-corrected chi connectivity index (χ3v) is 4.98. The molecule has 0 atom stereocenters. The minimum absolute atomic E-state index is 0.589. The Morgan fingerprint density at radius 3 is 2.50 bits per heavy atom. The van der Waals surface area contributed by atoms with Gasteiger partial charge in [0.1, 0.15) is 29.2 Å². The minimum Gasteiger partial charge on any atom is -0.499 e. The van der Waals surface area contributed by atoms with Gasteiger partial charge in [-0.2, -0.15) is 0 Å². The maximum atomic E-state index is 5.57. The van der Waals surface area contributed by atoms with Gasteiger partial charge in [0.15, 0.2) is 5.82 Å². The summed E-state index contributed by atoms with van der Waals surface area (Å²) in [4.78, 5) is 17.7. The van der Waals surface area contributed by atoms with E-state index in [9.17, 15) is 0 Å². The van der Waals surface area contributed by atoms with Gasteiger partial charge in [0.25, 0.3) is 0 Å². The Labute approximate surface area is 163 Å². The van der Waals surface area contributed by atoms with E-state index in [1.54, 1.807) is 26.6 Å². The van der Waals surface area contributed by atoms with Crippen molar-refractivity contribution in [3.05, 3.63) is 47.7 Å². The van der Waals surface area contributed by atoms with Gasteiger partial charge in [-0.25, -0.2) is 19.9 Å². The maximum absolute atomic E-state index is 5.57. The SMILES string of the molecule is COC(CNc1ncnc2c(OC)cc(-c3ncc(C)cn3)cc12)=C1CCC1. The average molecular weight is 377 g/mol. The number of allylic oxidation sites excluding steroid dienone is 1. The summed E-state index contributed by atoms with van der Waals surface area (Å²) in [5.41, 5.74) is 3.98.